The van der Waals surface area contributed by atoms with Gasteiger partial charge in [0.1, 0.15) is 0 Å². The molecule has 3 rings (SSSR count). The highest BCUT2D eigenvalue weighted by atomic mass is 15.2. The fourth-order valence-corrected chi connectivity index (χ4v) is 3.83. The number of nitrogens with one attached hydrogen (secondary N) is 1. The predicted molar refractivity (Wildman–Crippen MR) is 75.8 cm³/mol. The largest absolute Gasteiger partial charge is 0.311 e. The minimum atomic E-state index is 0.783. The van der Waals surface area contributed by atoms with Crippen molar-refractivity contribution in [3.63, 3.8) is 0 Å². The first-order valence-corrected chi connectivity index (χ1v) is 7.92. The summed E-state index contributed by atoms with van der Waals surface area (Å²) in [5, 5.41) is 3.79. The smallest absolute Gasteiger partial charge is 0.0224 e. The lowest BCUT2D eigenvalue weighted by molar-refractivity contribution is 0.101. The maximum Gasteiger partial charge on any atom is 0.0224 e. The molecule has 1 aliphatic carbocycles. The molecular formula is C15H29N3. The Labute approximate surface area is 112 Å². The molecule has 3 aliphatic rings. The third-order valence-corrected chi connectivity index (χ3v) is 5.21. The molecule has 3 atom stereocenters. The maximum atomic E-state index is 3.79. The zero-order valence-electron chi connectivity index (χ0n) is 12.1. The summed E-state index contributed by atoms with van der Waals surface area (Å²) < 4.78 is 0. The van der Waals surface area contributed by atoms with Gasteiger partial charge in [-0.05, 0) is 51.1 Å². The van der Waals surface area contributed by atoms with Crippen LogP contribution < -0.4 is 5.32 Å². The van der Waals surface area contributed by atoms with E-state index in [2.05, 4.69) is 29.1 Å². The second kappa shape index (κ2) is 5.48. The highest BCUT2D eigenvalue weighted by Gasteiger charge is 2.37. The minimum absolute atomic E-state index is 0.783. The summed E-state index contributed by atoms with van der Waals surface area (Å²) in [4.78, 5) is 5.30. The van der Waals surface area contributed by atoms with Crippen LogP contribution in [-0.2, 0) is 0 Å². The zero-order chi connectivity index (χ0) is 12.5. The van der Waals surface area contributed by atoms with E-state index in [9.17, 15) is 0 Å². The Morgan fingerprint density at radius 1 is 1.17 bits per heavy atom. The van der Waals surface area contributed by atoms with Crippen molar-refractivity contribution >= 4 is 0 Å². The number of hydrogen-bond acceptors (Lipinski definition) is 3. The van der Waals surface area contributed by atoms with Crippen molar-refractivity contribution in [3.8, 4) is 0 Å². The molecule has 0 aromatic heterocycles. The normalized spacial score (nSPS) is 39.3. The van der Waals surface area contributed by atoms with Gasteiger partial charge in [-0.15, -0.1) is 0 Å². The van der Waals surface area contributed by atoms with Gasteiger partial charge in [-0.3, -0.25) is 4.90 Å². The van der Waals surface area contributed by atoms with E-state index < -0.39 is 0 Å². The van der Waals surface area contributed by atoms with Gasteiger partial charge in [0.25, 0.3) is 0 Å². The Bertz CT molecular complexity index is 277. The van der Waals surface area contributed by atoms with Crippen molar-refractivity contribution in [2.75, 3.05) is 39.8 Å². The first-order chi connectivity index (χ1) is 8.76. The van der Waals surface area contributed by atoms with Gasteiger partial charge >= 0.3 is 0 Å². The third kappa shape index (κ3) is 2.89. The van der Waals surface area contributed by atoms with Crippen LogP contribution in [0.5, 0.6) is 0 Å². The standard InChI is InChI=1S/C15H29N3/c1-3-14-8-16-15(13-4-5-13)11-18(14)10-12-6-7-17(2)9-12/h12-16H,3-11H2,1-2H3. The average Bonchev–Trinajstić information content (AvgIpc) is 3.14. The molecule has 0 amide bonds. The second-order valence-electron chi connectivity index (χ2n) is 6.79. The van der Waals surface area contributed by atoms with Gasteiger partial charge in [-0.1, -0.05) is 6.92 Å². The molecule has 0 bridgehead atoms. The van der Waals surface area contributed by atoms with Crippen LogP contribution in [0.2, 0.25) is 0 Å². The molecule has 18 heavy (non-hydrogen) atoms. The number of likely N-dealkylation sites (tertiary alicyclic amines) is 1. The predicted octanol–water partition coefficient (Wildman–Crippen LogP) is 1.40. The molecule has 0 radical (unpaired) electrons. The van der Waals surface area contributed by atoms with E-state index in [4.69, 9.17) is 0 Å². The fourth-order valence-electron chi connectivity index (χ4n) is 3.83. The van der Waals surface area contributed by atoms with Crippen LogP contribution in [0.15, 0.2) is 0 Å². The van der Waals surface area contributed by atoms with Crippen LogP contribution in [0, 0.1) is 11.8 Å². The first kappa shape index (κ1) is 12.9. The molecule has 1 saturated carbocycles. The fraction of sp³-hybridized carbons (Fsp3) is 1.00. The van der Waals surface area contributed by atoms with Gasteiger partial charge in [0, 0.05) is 38.3 Å². The summed E-state index contributed by atoms with van der Waals surface area (Å²) in [5.41, 5.74) is 0. The third-order valence-electron chi connectivity index (χ3n) is 5.21. The Morgan fingerprint density at radius 2 is 2.00 bits per heavy atom. The van der Waals surface area contributed by atoms with Gasteiger partial charge < -0.3 is 10.2 Å². The molecule has 2 heterocycles. The van der Waals surface area contributed by atoms with E-state index >= 15 is 0 Å². The monoisotopic (exact) mass is 251 g/mol. The van der Waals surface area contributed by atoms with Crippen LogP contribution in [0.1, 0.15) is 32.6 Å². The van der Waals surface area contributed by atoms with Crippen LogP contribution in [-0.4, -0.2) is 61.7 Å². The van der Waals surface area contributed by atoms with E-state index in [0.29, 0.717) is 0 Å². The van der Waals surface area contributed by atoms with E-state index in [0.717, 1.165) is 23.9 Å². The van der Waals surface area contributed by atoms with E-state index in [1.165, 1.54) is 58.4 Å². The second-order valence-corrected chi connectivity index (χ2v) is 6.79. The van der Waals surface area contributed by atoms with Gasteiger partial charge in [-0.2, -0.15) is 0 Å². The van der Waals surface area contributed by atoms with Crippen LogP contribution in [0.25, 0.3) is 0 Å². The maximum absolute atomic E-state index is 3.79. The van der Waals surface area contributed by atoms with Gasteiger partial charge in [0.2, 0.25) is 0 Å². The summed E-state index contributed by atoms with van der Waals surface area (Å²) >= 11 is 0. The molecule has 2 saturated heterocycles. The molecule has 0 aromatic rings. The van der Waals surface area contributed by atoms with Crippen LogP contribution in [0.4, 0.5) is 0 Å². The van der Waals surface area contributed by atoms with Crippen molar-refractivity contribution in [1.82, 2.24) is 15.1 Å². The van der Waals surface area contributed by atoms with Gasteiger partial charge in [0.15, 0.2) is 0 Å². The quantitative estimate of drug-likeness (QED) is 0.815. The molecule has 0 aromatic carbocycles. The SMILES string of the molecule is CCC1CNC(C2CC2)CN1CC1CCN(C)C1. The summed E-state index contributed by atoms with van der Waals surface area (Å²) in [7, 11) is 2.27. The zero-order valence-corrected chi connectivity index (χ0v) is 12.1. The lowest BCUT2D eigenvalue weighted by atomic mass is 10.0. The number of piperazine rings is 1. The summed E-state index contributed by atoms with van der Waals surface area (Å²) in [5.74, 6) is 1.92. The number of nitrogens with zero attached hydrogens (tertiary/aromatic N) is 2. The lowest BCUT2D eigenvalue weighted by Crippen LogP contribution is -2.58. The number of hydrogen-bond donors (Lipinski definition) is 1. The molecule has 3 unspecified atom stereocenters. The van der Waals surface area contributed by atoms with Crippen molar-refractivity contribution in [3.05, 3.63) is 0 Å². The summed E-state index contributed by atoms with van der Waals surface area (Å²) in [6, 6.07) is 1.58. The Morgan fingerprint density at radius 3 is 2.61 bits per heavy atom. The highest BCUT2D eigenvalue weighted by Crippen LogP contribution is 2.34. The minimum Gasteiger partial charge on any atom is -0.311 e. The molecule has 0 spiro atoms. The van der Waals surface area contributed by atoms with Gasteiger partial charge in [0.05, 0.1) is 0 Å². The molecule has 104 valence electrons. The van der Waals surface area contributed by atoms with Crippen molar-refractivity contribution < 1.29 is 0 Å². The highest BCUT2D eigenvalue weighted by molar-refractivity contribution is 4.95. The molecular weight excluding hydrogens is 222 g/mol. The van der Waals surface area contributed by atoms with Crippen LogP contribution >= 0.6 is 0 Å². The Kier molecular flexibility index (Phi) is 3.92. The van der Waals surface area contributed by atoms with E-state index in [1.54, 1.807) is 0 Å². The topological polar surface area (TPSA) is 18.5 Å². The van der Waals surface area contributed by atoms with E-state index in [1.807, 2.05) is 0 Å². The van der Waals surface area contributed by atoms with E-state index in [-0.39, 0.29) is 0 Å². The van der Waals surface area contributed by atoms with Crippen molar-refractivity contribution in [2.24, 2.45) is 11.8 Å². The molecule has 1 N–H and O–H groups in total. The average molecular weight is 251 g/mol. The summed E-state index contributed by atoms with van der Waals surface area (Å²) in [6.07, 6.45) is 5.64. The Balaban J connectivity index is 1.55. The molecule has 3 heteroatoms. The summed E-state index contributed by atoms with van der Waals surface area (Å²) in [6.45, 7) is 8.84. The Hall–Kier alpha value is -0.120. The molecule has 2 aliphatic heterocycles. The van der Waals surface area contributed by atoms with Crippen molar-refractivity contribution in [1.29, 1.82) is 0 Å². The number of rotatable bonds is 4. The first-order valence-electron chi connectivity index (χ1n) is 7.92. The van der Waals surface area contributed by atoms with Crippen LogP contribution in [0.3, 0.4) is 0 Å². The molecule has 3 fully saturated rings. The molecule has 3 nitrogen and oxygen atoms in total. The van der Waals surface area contributed by atoms with Crippen molar-refractivity contribution in [2.45, 2.75) is 44.7 Å². The van der Waals surface area contributed by atoms with Gasteiger partial charge in [-0.25, -0.2) is 0 Å². The lowest BCUT2D eigenvalue weighted by Gasteiger charge is -2.41.